The van der Waals surface area contributed by atoms with Crippen LogP contribution in [-0.4, -0.2) is 25.2 Å². The topological polar surface area (TPSA) is 55.1 Å². The van der Waals surface area contributed by atoms with E-state index in [1.165, 1.54) is 0 Å². The highest BCUT2D eigenvalue weighted by atomic mass is 19.4. The van der Waals surface area contributed by atoms with E-state index in [0.29, 0.717) is 24.9 Å². The first kappa shape index (κ1) is 16.5. The second-order valence-electron chi connectivity index (χ2n) is 4.57. The zero-order chi connectivity index (χ0) is 15.0. The van der Waals surface area contributed by atoms with Crippen molar-refractivity contribution in [2.75, 3.05) is 13.1 Å². The highest BCUT2D eigenvalue weighted by molar-refractivity contribution is 5.94. The number of alkyl halides is 3. The third-order valence-corrected chi connectivity index (χ3v) is 2.79. The van der Waals surface area contributed by atoms with Gasteiger partial charge in [0.25, 0.3) is 5.91 Å². The number of benzene rings is 1. The van der Waals surface area contributed by atoms with Crippen LogP contribution in [0.2, 0.25) is 0 Å². The van der Waals surface area contributed by atoms with Gasteiger partial charge in [0, 0.05) is 18.5 Å². The van der Waals surface area contributed by atoms with Crippen LogP contribution in [-0.2, 0) is 6.42 Å². The Kier molecular flexibility index (Phi) is 6.51. The second-order valence-corrected chi connectivity index (χ2v) is 4.57. The molecule has 6 heteroatoms. The quantitative estimate of drug-likeness (QED) is 0.758. The Balaban J connectivity index is 2.34. The van der Waals surface area contributed by atoms with Crippen LogP contribution in [0.4, 0.5) is 13.2 Å². The molecule has 0 unspecified atom stereocenters. The number of nitrogens with one attached hydrogen (secondary N) is 1. The van der Waals surface area contributed by atoms with Gasteiger partial charge in [0.1, 0.15) is 0 Å². The summed E-state index contributed by atoms with van der Waals surface area (Å²) in [5.74, 6) is -0.268. The minimum atomic E-state index is -4.12. The van der Waals surface area contributed by atoms with E-state index in [1.807, 2.05) is 6.07 Å². The lowest BCUT2D eigenvalue weighted by molar-refractivity contribution is -0.135. The fourth-order valence-electron chi connectivity index (χ4n) is 1.79. The van der Waals surface area contributed by atoms with Crippen LogP contribution in [0.3, 0.4) is 0 Å². The van der Waals surface area contributed by atoms with Crippen LogP contribution in [0.25, 0.3) is 0 Å². The SMILES string of the molecule is NCCc1cccc(C(=O)NCCCCC(F)(F)F)c1. The standard InChI is InChI=1S/C14H19F3N2O/c15-14(16,17)7-1-2-9-19-13(20)12-5-3-4-11(10-12)6-8-18/h3-5,10H,1-2,6-9,18H2,(H,19,20). The summed E-state index contributed by atoms with van der Waals surface area (Å²) in [6.07, 6.45) is -3.91. The Morgan fingerprint density at radius 3 is 2.65 bits per heavy atom. The predicted molar refractivity (Wildman–Crippen MR) is 71.4 cm³/mol. The van der Waals surface area contributed by atoms with Gasteiger partial charge in [-0.15, -0.1) is 0 Å². The number of carbonyl (C=O) groups excluding carboxylic acids is 1. The molecule has 1 amide bonds. The van der Waals surface area contributed by atoms with Gasteiger partial charge in [-0.25, -0.2) is 0 Å². The number of carbonyl (C=O) groups is 1. The minimum Gasteiger partial charge on any atom is -0.352 e. The zero-order valence-corrected chi connectivity index (χ0v) is 11.2. The summed E-state index contributed by atoms with van der Waals surface area (Å²) in [4.78, 5) is 11.8. The molecule has 112 valence electrons. The molecule has 0 spiro atoms. The number of hydrogen-bond acceptors (Lipinski definition) is 2. The van der Waals surface area contributed by atoms with Crippen LogP contribution in [0.1, 0.15) is 35.2 Å². The van der Waals surface area contributed by atoms with Gasteiger partial charge in [0.15, 0.2) is 0 Å². The Bertz CT molecular complexity index is 433. The molecule has 20 heavy (non-hydrogen) atoms. The second kappa shape index (κ2) is 7.89. The molecule has 0 saturated carbocycles. The van der Waals surface area contributed by atoms with E-state index in [-0.39, 0.29) is 18.9 Å². The summed E-state index contributed by atoms with van der Waals surface area (Å²) in [7, 11) is 0. The predicted octanol–water partition coefficient (Wildman–Crippen LogP) is 2.65. The normalized spacial score (nSPS) is 11.4. The van der Waals surface area contributed by atoms with Gasteiger partial charge in [0.05, 0.1) is 0 Å². The Hall–Kier alpha value is -1.56. The van der Waals surface area contributed by atoms with E-state index < -0.39 is 12.6 Å². The number of amides is 1. The van der Waals surface area contributed by atoms with E-state index in [4.69, 9.17) is 5.73 Å². The van der Waals surface area contributed by atoms with Gasteiger partial charge >= 0.3 is 6.18 Å². The summed E-state index contributed by atoms with van der Waals surface area (Å²) < 4.78 is 35.8. The molecule has 0 aliphatic heterocycles. The molecule has 3 N–H and O–H groups in total. The molecule has 0 saturated heterocycles. The molecular formula is C14H19F3N2O. The molecule has 0 aromatic heterocycles. The molecule has 0 aliphatic rings. The molecule has 1 aromatic rings. The van der Waals surface area contributed by atoms with Crippen molar-refractivity contribution in [1.82, 2.24) is 5.32 Å². The van der Waals surface area contributed by atoms with Gasteiger partial charge in [-0.2, -0.15) is 13.2 Å². The summed E-state index contributed by atoms with van der Waals surface area (Å²) >= 11 is 0. The molecular weight excluding hydrogens is 269 g/mol. The van der Waals surface area contributed by atoms with Crippen LogP contribution in [0.5, 0.6) is 0 Å². The monoisotopic (exact) mass is 288 g/mol. The fraction of sp³-hybridized carbons (Fsp3) is 0.500. The van der Waals surface area contributed by atoms with Crippen molar-refractivity contribution in [1.29, 1.82) is 0 Å². The van der Waals surface area contributed by atoms with Crippen LogP contribution in [0.15, 0.2) is 24.3 Å². The summed E-state index contributed by atoms with van der Waals surface area (Å²) in [5.41, 5.74) is 6.92. The van der Waals surface area contributed by atoms with Crippen molar-refractivity contribution in [3.63, 3.8) is 0 Å². The molecule has 0 bridgehead atoms. The summed E-state index contributed by atoms with van der Waals surface area (Å²) in [5, 5.41) is 2.62. The molecule has 0 atom stereocenters. The van der Waals surface area contributed by atoms with Gasteiger partial charge in [-0.1, -0.05) is 12.1 Å². The van der Waals surface area contributed by atoms with Crippen molar-refractivity contribution in [3.8, 4) is 0 Å². The first-order chi connectivity index (χ1) is 9.42. The molecule has 0 fully saturated rings. The van der Waals surface area contributed by atoms with Gasteiger partial charge in [0.2, 0.25) is 0 Å². The van der Waals surface area contributed by atoms with Gasteiger partial charge in [-0.05, 0) is 43.5 Å². The highest BCUT2D eigenvalue weighted by Crippen LogP contribution is 2.21. The first-order valence-corrected chi connectivity index (χ1v) is 6.56. The van der Waals surface area contributed by atoms with Crippen molar-refractivity contribution >= 4 is 5.91 Å². The van der Waals surface area contributed by atoms with E-state index in [0.717, 1.165) is 5.56 Å². The smallest absolute Gasteiger partial charge is 0.352 e. The lowest BCUT2D eigenvalue weighted by atomic mass is 10.1. The highest BCUT2D eigenvalue weighted by Gasteiger charge is 2.25. The maximum atomic E-state index is 11.9. The van der Waals surface area contributed by atoms with Crippen LogP contribution in [0, 0.1) is 0 Å². The fourth-order valence-corrected chi connectivity index (χ4v) is 1.79. The zero-order valence-electron chi connectivity index (χ0n) is 11.2. The average molecular weight is 288 g/mol. The number of nitrogens with two attached hydrogens (primary N) is 1. The molecule has 0 radical (unpaired) electrons. The third-order valence-electron chi connectivity index (χ3n) is 2.79. The van der Waals surface area contributed by atoms with Crippen molar-refractivity contribution in [3.05, 3.63) is 35.4 Å². The molecule has 0 aliphatic carbocycles. The number of hydrogen-bond donors (Lipinski definition) is 2. The summed E-state index contributed by atoms with van der Waals surface area (Å²) in [6, 6.07) is 7.07. The third kappa shape index (κ3) is 6.56. The van der Waals surface area contributed by atoms with E-state index in [9.17, 15) is 18.0 Å². The van der Waals surface area contributed by atoms with Gasteiger partial charge in [-0.3, -0.25) is 4.79 Å². The molecule has 1 aromatic carbocycles. The Morgan fingerprint density at radius 2 is 2.00 bits per heavy atom. The average Bonchev–Trinajstić information content (AvgIpc) is 2.37. The van der Waals surface area contributed by atoms with Crippen LogP contribution >= 0.6 is 0 Å². The molecule has 1 rings (SSSR count). The lowest BCUT2D eigenvalue weighted by Gasteiger charge is -2.08. The number of unbranched alkanes of at least 4 members (excludes halogenated alkanes) is 1. The molecule has 0 heterocycles. The summed E-state index contributed by atoms with van der Waals surface area (Å²) in [6.45, 7) is 0.749. The van der Waals surface area contributed by atoms with Crippen molar-refractivity contribution in [2.24, 2.45) is 5.73 Å². The first-order valence-electron chi connectivity index (χ1n) is 6.56. The van der Waals surface area contributed by atoms with E-state index in [2.05, 4.69) is 5.32 Å². The minimum absolute atomic E-state index is 0.0248. The molecule has 3 nitrogen and oxygen atoms in total. The Labute approximate surface area is 116 Å². The van der Waals surface area contributed by atoms with Gasteiger partial charge < -0.3 is 11.1 Å². The lowest BCUT2D eigenvalue weighted by Crippen LogP contribution is -2.24. The number of rotatable bonds is 7. The van der Waals surface area contributed by atoms with Crippen LogP contribution < -0.4 is 11.1 Å². The maximum Gasteiger partial charge on any atom is 0.389 e. The Morgan fingerprint density at radius 1 is 1.25 bits per heavy atom. The van der Waals surface area contributed by atoms with Crippen molar-refractivity contribution in [2.45, 2.75) is 31.9 Å². The maximum absolute atomic E-state index is 11.9. The van der Waals surface area contributed by atoms with Crippen molar-refractivity contribution < 1.29 is 18.0 Å². The number of halogens is 3. The van der Waals surface area contributed by atoms with E-state index in [1.54, 1.807) is 18.2 Å². The van der Waals surface area contributed by atoms with E-state index >= 15 is 0 Å². The largest absolute Gasteiger partial charge is 0.389 e.